The zero-order chi connectivity index (χ0) is 29.7. The van der Waals surface area contributed by atoms with Crippen LogP contribution in [-0.4, -0.2) is 15.0 Å². The number of furan rings is 1. The topological polar surface area (TPSA) is 51.8 Å². The molecule has 2 aromatic heterocycles. The molecule has 0 amide bonds. The highest BCUT2D eigenvalue weighted by atomic mass is 16.3. The third-order valence-electron chi connectivity index (χ3n) is 8.50. The van der Waals surface area contributed by atoms with Crippen LogP contribution in [0, 0.1) is 0 Å². The third kappa shape index (κ3) is 4.43. The fourth-order valence-corrected chi connectivity index (χ4v) is 6.25. The summed E-state index contributed by atoms with van der Waals surface area (Å²) >= 11 is 0. The molecule has 0 aliphatic carbocycles. The van der Waals surface area contributed by atoms with Gasteiger partial charge in [0, 0.05) is 27.5 Å². The van der Waals surface area contributed by atoms with Crippen LogP contribution in [0.5, 0.6) is 0 Å². The van der Waals surface area contributed by atoms with Gasteiger partial charge in [0.05, 0.1) is 0 Å². The summed E-state index contributed by atoms with van der Waals surface area (Å²) in [5.74, 6) is 1.89. The highest BCUT2D eigenvalue weighted by molar-refractivity contribution is 6.06. The van der Waals surface area contributed by atoms with E-state index in [0.29, 0.717) is 17.5 Å². The average Bonchev–Trinajstić information content (AvgIpc) is 3.49. The first-order valence-corrected chi connectivity index (χ1v) is 15.0. The van der Waals surface area contributed by atoms with E-state index in [4.69, 9.17) is 19.4 Å². The second-order valence-electron chi connectivity index (χ2n) is 11.3. The van der Waals surface area contributed by atoms with Crippen molar-refractivity contribution < 1.29 is 4.42 Å². The maximum absolute atomic E-state index is 6.08. The Kier molecular flexibility index (Phi) is 5.78. The van der Waals surface area contributed by atoms with E-state index >= 15 is 0 Å². The number of para-hydroxylation sites is 1. The van der Waals surface area contributed by atoms with Crippen LogP contribution in [0.25, 0.3) is 88.8 Å². The molecule has 0 saturated carbocycles. The molecule has 210 valence electrons. The number of benzene rings is 7. The second-order valence-corrected chi connectivity index (χ2v) is 11.3. The van der Waals surface area contributed by atoms with Crippen molar-refractivity contribution >= 4 is 43.5 Å². The largest absolute Gasteiger partial charge is 0.456 e. The lowest BCUT2D eigenvalue weighted by Gasteiger charge is -2.11. The van der Waals surface area contributed by atoms with Gasteiger partial charge in [-0.2, -0.15) is 0 Å². The van der Waals surface area contributed by atoms with Crippen LogP contribution in [0.2, 0.25) is 0 Å². The molecule has 0 fully saturated rings. The molecule has 0 aliphatic heterocycles. The van der Waals surface area contributed by atoms with E-state index in [9.17, 15) is 0 Å². The number of fused-ring (bicyclic) bond motifs is 5. The minimum atomic E-state index is 0.621. The first-order valence-electron chi connectivity index (χ1n) is 15.0. The summed E-state index contributed by atoms with van der Waals surface area (Å²) in [6, 6.07) is 52.4. The van der Waals surface area contributed by atoms with Crippen molar-refractivity contribution in [3.63, 3.8) is 0 Å². The Morgan fingerprint density at radius 3 is 1.82 bits per heavy atom. The lowest BCUT2D eigenvalue weighted by molar-refractivity contribution is 0.669. The standard InChI is InChI=1S/C41H25N3O/c1-2-10-27(11-3-1)39-42-40(44-41(43-39)32-20-22-38-36(25-32)35-14-6-7-16-37(35)45-38)31-19-21-34-29(24-31)13-8-15-33(34)30-18-17-26-9-4-5-12-28(26)23-30/h1-25H. The average molecular weight is 576 g/mol. The van der Waals surface area contributed by atoms with Crippen molar-refractivity contribution in [1.29, 1.82) is 0 Å². The van der Waals surface area contributed by atoms with E-state index < -0.39 is 0 Å². The first-order chi connectivity index (χ1) is 22.3. The Morgan fingerprint density at radius 2 is 0.956 bits per heavy atom. The predicted octanol–water partition coefficient (Wildman–Crippen LogP) is 10.7. The number of aromatic nitrogens is 3. The number of nitrogens with zero attached hydrogens (tertiary/aromatic N) is 3. The summed E-state index contributed by atoms with van der Waals surface area (Å²) in [6.07, 6.45) is 0. The van der Waals surface area contributed by atoms with Gasteiger partial charge in [-0.25, -0.2) is 15.0 Å². The zero-order valence-corrected chi connectivity index (χ0v) is 24.2. The van der Waals surface area contributed by atoms with Crippen LogP contribution in [0.3, 0.4) is 0 Å². The van der Waals surface area contributed by atoms with Crippen molar-refractivity contribution in [3.8, 4) is 45.3 Å². The molecule has 4 heteroatoms. The molecule has 9 rings (SSSR count). The van der Waals surface area contributed by atoms with E-state index in [1.54, 1.807) is 0 Å². The molecular formula is C41H25N3O. The molecule has 2 heterocycles. The van der Waals surface area contributed by atoms with Crippen LogP contribution in [0.15, 0.2) is 156 Å². The number of hydrogen-bond acceptors (Lipinski definition) is 4. The number of rotatable bonds is 4. The molecule has 0 bridgehead atoms. The summed E-state index contributed by atoms with van der Waals surface area (Å²) < 4.78 is 6.08. The van der Waals surface area contributed by atoms with Crippen LogP contribution in [0.4, 0.5) is 0 Å². The van der Waals surface area contributed by atoms with Crippen molar-refractivity contribution in [1.82, 2.24) is 15.0 Å². The molecule has 0 atom stereocenters. The molecule has 45 heavy (non-hydrogen) atoms. The molecule has 9 aromatic rings. The van der Waals surface area contributed by atoms with Gasteiger partial charge in [-0.3, -0.25) is 0 Å². The van der Waals surface area contributed by atoms with E-state index in [1.165, 1.54) is 27.3 Å². The normalized spacial score (nSPS) is 11.6. The van der Waals surface area contributed by atoms with Gasteiger partial charge in [-0.15, -0.1) is 0 Å². The van der Waals surface area contributed by atoms with Crippen molar-refractivity contribution in [2.24, 2.45) is 0 Å². The van der Waals surface area contributed by atoms with Gasteiger partial charge in [0.25, 0.3) is 0 Å². The molecule has 0 spiro atoms. The fourth-order valence-electron chi connectivity index (χ4n) is 6.25. The minimum absolute atomic E-state index is 0.621. The summed E-state index contributed by atoms with van der Waals surface area (Å²) in [5, 5.41) is 6.90. The van der Waals surface area contributed by atoms with Crippen molar-refractivity contribution in [2.75, 3.05) is 0 Å². The van der Waals surface area contributed by atoms with E-state index in [2.05, 4.69) is 91.0 Å². The molecule has 0 unspecified atom stereocenters. The first kappa shape index (κ1) is 25.4. The lowest BCUT2D eigenvalue weighted by Crippen LogP contribution is -2.00. The molecule has 0 N–H and O–H groups in total. The van der Waals surface area contributed by atoms with E-state index in [-0.39, 0.29) is 0 Å². The van der Waals surface area contributed by atoms with Crippen LogP contribution in [-0.2, 0) is 0 Å². The molecule has 0 aliphatic rings. The molecular weight excluding hydrogens is 550 g/mol. The zero-order valence-electron chi connectivity index (χ0n) is 24.2. The summed E-state index contributed by atoms with van der Waals surface area (Å²) in [7, 11) is 0. The fraction of sp³-hybridized carbons (Fsp3) is 0. The monoisotopic (exact) mass is 575 g/mol. The molecule has 0 radical (unpaired) electrons. The smallest absolute Gasteiger partial charge is 0.164 e. The highest BCUT2D eigenvalue weighted by Gasteiger charge is 2.15. The van der Waals surface area contributed by atoms with Crippen LogP contribution in [0.1, 0.15) is 0 Å². The third-order valence-corrected chi connectivity index (χ3v) is 8.50. The number of hydrogen-bond donors (Lipinski definition) is 0. The van der Waals surface area contributed by atoms with Gasteiger partial charge in [0.2, 0.25) is 0 Å². The van der Waals surface area contributed by atoms with Gasteiger partial charge in [-0.1, -0.05) is 115 Å². The Bertz CT molecular complexity index is 2550. The second kappa shape index (κ2) is 10.2. The highest BCUT2D eigenvalue weighted by Crippen LogP contribution is 2.35. The lowest BCUT2D eigenvalue weighted by atomic mass is 9.95. The molecule has 4 nitrogen and oxygen atoms in total. The quantitative estimate of drug-likeness (QED) is 0.209. The van der Waals surface area contributed by atoms with Crippen LogP contribution < -0.4 is 0 Å². The Balaban J connectivity index is 1.19. The van der Waals surface area contributed by atoms with E-state index in [0.717, 1.165) is 44.0 Å². The van der Waals surface area contributed by atoms with E-state index in [1.807, 2.05) is 60.7 Å². The maximum Gasteiger partial charge on any atom is 0.164 e. The summed E-state index contributed by atoms with van der Waals surface area (Å²) in [6.45, 7) is 0. The van der Waals surface area contributed by atoms with Gasteiger partial charge in [0.1, 0.15) is 11.2 Å². The molecule has 7 aromatic carbocycles. The SMILES string of the molecule is c1ccc(-c2nc(-c3ccc4c(-c5ccc6ccccc6c5)cccc4c3)nc(-c3ccc4oc5ccccc5c4c3)n2)cc1. The maximum atomic E-state index is 6.08. The van der Waals surface area contributed by atoms with Gasteiger partial charge < -0.3 is 4.42 Å². The Labute approximate surface area is 259 Å². The van der Waals surface area contributed by atoms with Crippen LogP contribution >= 0.6 is 0 Å². The Hall–Kier alpha value is -6.13. The molecule has 0 saturated heterocycles. The van der Waals surface area contributed by atoms with Gasteiger partial charge >= 0.3 is 0 Å². The minimum Gasteiger partial charge on any atom is -0.456 e. The Morgan fingerprint density at radius 1 is 0.333 bits per heavy atom. The van der Waals surface area contributed by atoms with Gasteiger partial charge in [-0.05, 0) is 69.1 Å². The van der Waals surface area contributed by atoms with Crippen molar-refractivity contribution in [2.45, 2.75) is 0 Å². The van der Waals surface area contributed by atoms with Crippen molar-refractivity contribution in [3.05, 3.63) is 152 Å². The van der Waals surface area contributed by atoms with Gasteiger partial charge in [0.15, 0.2) is 17.5 Å². The summed E-state index contributed by atoms with van der Waals surface area (Å²) in [4.78, 5) is 15.0. The predicted molar refractivity (Wildman–Crippen MR) is 184 cm³/mol. The summed E-state index contributed by atoms with van der Waals surface area (Å²) in [5.41, 5.74) is 6.90.